The molecule has 1 unspecified atom stereocenters. The third-order valence-corrected chi connectivity index (χ3v) is 5.30. The van der Waals surface area contributed by atoms with Gasteiger partial charge in [-0.05, 0) is 32.1 Å². The summed E-state index contributed by atoms with van der Waals surface area (Å²) in [6.07, 6.45) is -0.449. The van der Waals surface area contributed by atoms with Crippen LogP contribution in [0.3, 0.4) is 0 Å². The number of benzene rings is 1. The molecule has 4 nitrogen and oxygen atoms in total. The molecule has 0 saturated heterocycles. The number of hydrogen-bond acceptors (Lipinski definition) is 4. The number of aryl methyl sites for hydroxylation is 1. The molecule has 0 aliphatic heterocycles. The molecule has 2 aromatic heterocycles. The van der Waals surface area contributed by atoms with Crippen LogP contribution in [0.15, 0.2) is 24.3 Å². The molecule has 0 saturated carbocycles. The van der Waals surface area contributed by atoms with Gasteiger partial charge in [0.15, 0.2) is 4.96 Å². The minimum atomic E-state index is -0.449. The fraction of sp³-hybridized carbons (Fsp3) is 0.438. The van der Waals surface area contributed by atoms with Gasteiger partial charge in [-0.2, -0.15) is 0 Å². The van der Waals surface area contributed by atoms with E-state index in [4.69, 9.17) is 0 Å². The number of likely N-dealkylation sites (N-methyl/N-ethyl adjacent to an activating group) is 1. The molecule has 0 aliphatic rings. The minimum absolute atomic E-state index is 0.449. The molecular weight excluding hydrogens is 282 g/mol. The van der Waals surface area contributed by atoms with E-state index >= 15 is 0 Å². The predicted octanol–water partition coefficient (Wildman–Crippen LogP) is 3.23. The van der Waals surface area contributed by atoms with Crippen molar-refractivity contribution in [2.45, 2.75) is 26.9 Å². The zero-order valence-electron chi connectivity index (χ0n) is 12.7. The van der Waals surface area contributed by atoms with Gasteiger partial charge in [-0.1, -0.05) is 37.3 Å². The lowest BCUT2D eigenvalue weighted by Gasteiger charge is -2.21. The summed E-state index contributed by atoms with van der Waals surface area (Å²) in [4.78, 5) is 8.88. The number of imidazole rings is 1. The fourth-order valence-electron chi connectivity index (χ4n) is 2.80. The molecular formula is C16H21N3OS. The summed E-state index contributed by atoms with van der Waals surface area (Å²) < 4.78 is 2.15. The van der Waals surface area contributed by atoms with Crippen LogP contribution in [0.4, 0.5) is 0 Å². The lowest BCUT2D eigenvalue weighted by Crippen LogP contribution is -2.28. The number of thiazole rings is 1. The molecule has 1 aromatic carbocycles. The van der Waals surface area contributed by atoms with Gasteiger partial charge in [-0.15, -0.1) is 0 Å². The maximum absolute atomic E-state index is 10.6. The van der Waals surface area contributed by atoms with Gasteiger partial charge in [-0.25, -0.2) is 4.98 Å². The van der Waals surface area contributed by atoms with Crippen LogP contribution in [0.2, 0.25) is 0 Å². The SMILES string of the molecule is CCN(CC)CC(O)c1sc2nc3ccccc3n2c1C. The molecule has 112 valence electrons. The van der Waals surface area contributed by atoms with Crippen molar-refractivity contribution in [2.24, 2.45) is 0 Å². The molecule has 0 aliphatic carbocycles. The number of para-hydroxylation sites is 2. The van der Waals surface area contributed by atoms with Crippen LogP contribution in [0, 0.1) is 6.92 Å². The second-order valence-corrected chi connectivity index (χ2v) is 6.28. The number of hydrogen-bond donors (Lipinski definition) is 1. The lowest BCUT2D eigenvalue weighted by molar-refractivity contribution is 0.121. The zero-order chi connectivity index (χ0) is 15.0. The summed E-state index contributed by atoms with van der Waals surface area (Å²) in [5.41, 5.74) is 3.22. The third-order valence-electron chi connectivity index (χ3n) is 4.05. The molecule has 0 spiro atoms. The monoisotopic (exact) mass is 303 g/mol. The molecule has 3 rings (SSSR count). The Morgan fingerprint density at radius 3 is 2.71 bits per heavy atom. The first-order chi connectivity index (χ1) is 10.2. The van der Waals surface area contributed by atoms with Crippen molar-refractivity contribution in [3.63, 3.8) is 0 Å². The van der Waals surface area contributed by atoms with Crippen molar-refractivity contribution < 1.29 is 5.11 Å². The first-order valence-electron chi connectivity index (χ1n) is 7.42. The van der Waals surface area contributed by atoms with Crippen LogP contribution in [0.1, 0.15) is 30.5 Å². The molecule has 0 radical (unpaired) electrons. The third kappa shape index (κ3) is 2.46. The molecule has 1 N–H and O–H groups in total. The Morgan fingerprint density at radius 1 is 1.29 bits per heavy atom. The Bertz CT molecular complexity index is 757. The van der Waals surface area contributed by atoms with E-state index in [2.05, 4.69) is 41.1 Å². The summed E-state index contributed by atoms with van der Waals surface area (Å²) in [5, 5.41) is 10.6. The summed E-state index contributed by atoms with van der Waals surface area (Å²) in [6, 6.07) is 8.14. The molecule has 0 fully saturated rings. The Labute approximate surface area is 128 Å². The first-order valence-corrected chi connectivity index (χ1v) is 8.24. The van der Waals surface area contributed by atoms with Gasteiger partial charge >= 0.3 is 0 Å². The molecule has 21 heavy (non-hydrogen) atoms. The van der Waals surface area contributed by atoms with Crippen LogP contribution >= 0.6 is 11.3 Å². The van der Waals surface area contributed by atoms with Crippen molar-refractivity contribution in [1.82, 2.24) is 14.3 Å². The smallest absolute Gasteiger partial charge is 0.195 e. The van der Waals surface area contributed by atoms with E-state index in [0.29, 0.717) is 6.54 Å². The van der Waals surface area contributed by atoms with E-state index < -0.39 is 6.10 Å². The van der Waals surface area contributed by atoms with E-state index in [9.17, 15) is 5.11 Å². The number of rotatable bonds is 5. The van der Waals surface area contributed by atoms with Crippen molar-refractivity contribution in [2.75, 3.05) is 19.6 Å². The average Bonchev–Trinajstić information content (AvgIpc) is 3.01. The molecule has 3 aromatic rings. The maximum Gasteiger partial charge on any atom is 0.195 e. The van der Waals surface area contributed by atoms with E-state index in [0.717, 1.165) is 39.7 Å². The number of aromatic nitrogens is 2. The molecule has 5 heteroatoms. The lowest BCUT2D eigenvalue weighted by atomic mass is 10.2. The fourth-order valence-corrected chi connectivity index (χ4v) is 3.91. The van der Waals surface area contributed by atoms with Gasteiger partial charge in [-0.3, -0.25) is 4.40 Å². The van der Waals surface area contributed by atoms with Crippen LogP contribution in [-0.2, 0) is 0 Å². The van der Waals surface area contributed by atoms with E-state index in [1.165, 1.54) is 0 Å². The van der Waals surface area contributed by atoms with Crippen LogP contribution in [0.25, 0.3) is 16.0 Å². The number of aliphatic hydroxyl groups excluding tert-OH is 1. The quantitative estimate of drug-likeness (QED) is 0.786. The largest absolute Gasteiger partial charge is 0.386 e. The molecule has 2 heterocycles. The van der Waals surface area contributed by atoms with E-state index in [1.807, 2.05) is 18.2 Å². The second kappa shape index (κ2) is 5.75. The highest BCUT2D eigenvalue weighted by molar-refractivity contribution is 7.17. The van der Waals surface area contributed by atoms with Gasteiger partial charge in [0.05, 0.1) is 15.9 Å². The molecule has 1 atom stereocenters. The Hall–Kier alpha value is -1.43. The standard InChI is InChI=1S/C16H21N3OS/c1-4-18(5-2)10-14(20)15-11(3)19-13-9-7-6-8-12(13)17-16(19)21-15/h6-9,14,20H,4-5,10H2,1-3H3. The minimum Gasteiger partial charge on any atom is -0.386 e. The van der Waals surface area contributed by atoms with Gasteiger partial charge in [0.1, 0.15) is 6.10 Å². The second-order valence-electron chi connectivity index (χ2n) is 5.27. The van der Waals surface area contributed by atoms with Gasteiger partial charge in [0, 0.05) is 12.2 Å². The summed E-state index contributed by atoms with van der Waals surface area (Å²) in [6.45, 7) is 8.90. The van der Waals surface area contributed by atoms with Gasteiger partial charge in [0.25, 0.3) is 0 Å². The molecule has 0 amide bonds. The predicted molar refractivity (Wildman–Crippen MR) is 88.1 cm³/mol. The highest BCUT2D eigenvalue weighted by Gasteiger charge is 2.20. The summed E-state index contributed by atoms with van der Waals surface area (Å²) in [5.74, 6) is 0. The Morgan fingerprint density at radius 2 is 2.00 bits per heavy atom. The van der Waals surface area contributed by atoms with Crippen molar-refractivity contribution in [3.8, 4) is 0 Å². The van der Waals surface area contributed by atoms with Crippen LogP contribution < -0.4 is 0 Å². The van der Waals surface area contributed by atoms with Gasteiger partial charge in [0.2, 0.25) is 0 Å². The van der Waals surface area contributed by atoms with Gasteiger partial charge < -0.3 is 10.0 Å². The topological polar surface area (TPSA) is 40.8 Å². The highest BCUT2D eigenvalue weighted by atomic mass is 32.1. The Kier molecular flexibility index (Phi) is 3.97. The van der Waals surface area contributed by atoms with Crippen LogP contribution in [-0.4, -0.2) is 39.0 Å². The van der Waals surface area contributed by atoms with Crippen LogP contribution in [0.5, 0.6) is 0 Å². The maximum atomic E-state index is 10.6. The first kappa shape index (κ1) is 14.5. The van der Waals surface area contributed by atoms with Crippen molar-refractivity contribution in [1.29, 1.82) is 0 Å². The number of fused-ring (bicyclic) bond motifs is 3. The number of aliphatic hydroxyl groups is 1. The summed E-state index contributed by atoms with van der Waals surface area (Å²) in [7, 11) is 0. The number of nitrogens with zero attached hydrogens (tertiary/aromatic N) is 3. The van der Waals surface area contributed by atoms with E-state index in [-0.39, 0.29) is 0 Å². The normalized spacial score (nSPS) is 13.6. The zero-order valence-corrected chi connectivity index (χ0v) is 13.5. The highest BCUT2D eigenvalue weighted by Crippen LogP contribution is 2.31. The molecule has 0 bridgehead atoms. The Balaban J connectivity index is 2.02. The summed E-state index contributed by atoms with van der Waals surface area (Å²) >= 11 is 1.60. The average molecular weight is 303 g/mol. The van der Waals surface area contributed by atoms with E-state index in [1.54, 1.807) is 11.3 Å². The van der Waals surface area contributed by atoms with Crippen molar-refractivity contribution in [3.05, 3.63) is 34.8 Å². The van der Waals surface area contributed by atoms with Crippen molar-refractivity contribution >= 4 is 27.3 Å².